The van der Waals surface area contributed by atoms with Gasteiger partial charge in [0, 0.05) is 37.7 Å². The van der Waals surface area contributed by atoms with Crippen LogP contribution in [0.5, 0.6) is 0 Å². The molecule has 1 amide bonds. The van der Waals surface area contributed by atoms with Crippen LogP contribution >= 0.6 is 0 Å². The maximum absolute atomic E-state index is 14.2. The standard InChI is InChI=1S/C42H43F5N2O4/c1-41(2)17-30-18-42(3,22-41)23-49(30)20-31-16-32(27-9-7-24(21-50)8-10-27)53-40(52-31)28-13-11-26(12-14-28)29-6-4-5-25(15-29)19-48-39(51)33-34(43)36(45)38(47)37(46)35(33)44/h4-15,30-32,40,50H,16-23H2,1-3H3,(H,48,51). The molecule has 1 saturated carbocycles. The van der Waals surface area contributed by atoms with Gasteiger partial charge < -0.3 is 19.9 Å². The molecule has 2 aliphatic heterocycles. The third-order valence-corrected chi connectivity index (χ3v) is 10.9. The summed E-state index contributed by atoms with van der Waals surface area (Å²) >= 11 is 0. The van der Waals surface area contributed by atoms with Crippen LogP contribution in [0.3, 0.4) is 0 Å². The molecule has 53 heavy (non-hydrogen) atoms. The fourth-order valence-electron chi connectivity index (χ4n) is 8.85. The Hall–Kier alpha value is -4.16. The van der Waals surface area contributed by atoms with E-state index >= 15 is 0 Å². The van der Waals surface area contributed by atoms with E-state index in [0.29, 0.717) is 28.9 Å². The van der Waals surface area contributed by atoms with Crippen LogP contribution < -0.4 is 5.32 Å². The maximum atomic E-state index is 14.2. The fraction of sp³-hybridized carbons (Fsp3) is 0.405. The quantitative estimate of drug-likeness (QED) is 0.102. The smallest absolute Gasteiger partial charge is 0.257 e. The Morgan fingerprint density at radius 1 is 0.811 bits per heavy atom. The van der Waals surface area contributed by atoms with Gasteiger partial charge in [-0.1, -0.05) is 87.5 Å². The molecule has 0 aromatic heterocycles. The van der Waals surface area contributed by atoms with Gasteiger partial charge in [0.15, 0.2) is 29.6 Å². The fourth-order valence-corrected chi connectivity index (χ4v) is 8.85. The van der Waals surface area contributed by atoms with Gasteiger partial charge in [-0.3, -0.25) is 9.69 Å². The summed E-state index contributed by atoms with van der Waals surface area (Å²) in [6.45, 7) is 8.77. The van der Waals surface area contributed by atoms with Crippen molar-refractivity contribution in [1.29, 1.82) is 0 Å². The molecule has 6 nitrogen and oxygen atoms in total. The number of halogens is 5. The summed E-state index contributed by atoms with van der Waals surface area (Å²) in [5, 5.41) is 11.8. The Bertz CT molecular complexity index is 1960. The SMILES string of the molecule is CC1(C)CC2CC(C)(CN2CC2CC(c3ccc(CO)cc3)OC(c3ccc(-c4cccc(CNC(=O)c5c(F)c(F)c(F)c(F)c5F)c4)cc3)O2)C1. The highest BCUT2D eigenvalue weighted by Crippen LogP contribution is 2.53. The van der Waals surface area contributed by atoms with E-state index in [-0.39, 0.29) is 25.4 Å². The topological polar surface area (TPSA) is 71.0 Å². The average Bonchev–Trinajstić information content (AvgIpc) is 3.39. The van der Waals surface area contributed by atoms with Crippen molar-refractivity contribution in [2.45, 2.75) is 84.1 Å². The summed E-state index contributed by atoms with van der Waals surface area (Å²) in [6, 6.07) is 23.1. The Balaban J connectivity index is 1.07. The molecule has 4 aromatic carbocycles. The van der Waals surface area contributed by atoms with Crippen molar-refractivity contribution < 1.29 is 41.3 Å². The molecule has 280 valence electrons. The number of likely N-dealkylation sites (tertiary alicyclic amines) is 1. The number of carbonyl (C=O) groups is 1. The summed E-state index contributed by atoms with van der Waals surface area (Å²) < 4.78 is 82.3. The number of rotatable bonds is 9. The predicted octanol–water partition coefficient (Wildman–Crippen LogP) is 8.92. The lowest BCUT2D eigenvalue weighted by molar-refractivity contribution is -0.253. The molecule has 0 radical (unpaired) electrons. The van der Waals surface area contributed by atoms with E-state index in [2.05, 4.69) is 31.0 Å². The molecule has 2 bridgehead atoms. The molecule has 3 aliphatic rings. The number of benzene rings is 4. The number of hydrogen-bond donors (Lipinski definition) is 2. The molecule has 1 aliphatic carbocycles. The van der Waals surface area contributed by atoms with Crippen molar-refractivity contribution >= 4 is 5.91 Å². The van der Waals surface area contributed by atoms with Crippen molar-refractivity contribution in [3.05, 3.63) is 130 Å². The summed E-state index contributed by atoms with van der Waals surface area (Å²) in [6.07, 6.45) is 3.38. The molecule has 4 aromatic rings. The second kappa shape index (κ2) is 14.6. The molecular formula is C42H43F5N2O4. The van der Waals surface area contributed by atoms with Gasteiger partial charge in [-0.05, 0) is 64.0 Å². The summed E-state index contributed by atoms with van der Waals surface area (Å²) in [7, 11) is 0. The van der Waals surface area contributed by atoms with Crippen LogP contribution in [0.4, 0.5) is 22.0 Å². The summed E-state index contributed by atoms with van der Waals surface area (Å²) in [5.74, 6) is -12.5. The lowest BCUT2D eigenvalue weighted by Crippen LogP contribution is -2.42. The van der Waals surface area contributed by atoms with Crippen LogP contribution in [0.25, 0.3) is 11.1 Å². The number of ether oxygens (including phenoxy) is 2. The zero-order valence-electron chi connectivity index (χ0n) is 29.9. The van der Waals surface area contributed by atoms with Gasteiger partial charge in [-0.2, -0.15) is 0 Å². The molecule has 0 spiro atoms. The second-order valence-electron chi connectivity index (χ2n) is 15.9. The normalized spacial score (nSPS) is 25.4. The lowest BCUT2D eigenvalue weighted by atomic mass is 9.65. The molecule has 3 fully saturated rings. The largest absolute Gasteiger partial charge is 0.392 e. The number of aliphatic hydroxyl groups is 1. The van der Waals surface area contributed by atoms with Crippen molar-refractivity contribution in [1.82, 2.24) is 10.2 Å². The minimum atomic E-state index is -2.33. The molecule has 2 heterocycles. The van der Waals surface area contributed by atoms with E-state index in [1.165, 1.54) is 19.3 Å². The maximum Gasteiger partial charge on any atom is 0.257 e. The number of amides is 1. The molecule has 2 saturated heterocycles. The van der Waals surface area contributed by atoms with Crippen LogP contribution in [-0.2, 0) is 22.6 Å². The number of carbonyl (C=O) groups excluding carboxylic acids is 1. The van der Waals surface area contributed by atoms with Gasteiger partial charge >= 0.3 is 0 Å². The lowest BCUT2D eigenvalue weighted by Gasteiger charge is -2.41. The summed E-state index contributed by atoms with van der Waals surface area (Å²) in [4.78, 5) is 15.1. The Morgan fingerprint density at radius 2 is 1.47 bits per heavy atom. The minimum Gasteiger partial charge on any atom is -0.392 e. The zero-order valence-corrected chi connectivity index (χ0v) is 29.9. The van der Waals surface area contributed by atoms with Gasteiger partial charge in [0.05, 0.1) is 18.8 Å². The first kappa shape index (κ1) is 37.2. The Kier molecular flexibility index (Phi) is 10.2. The van der Waals surface area contributed by atoms with Gasteiger partial charge in [0.25, 0.3) is 5.91 Å². The van der Waals surface area contributed by atoms with E-state index < -0.39 is 46.8 Å². The number of hydrogen-bond acceptors (Lipinski definition) is 5. The zero-order chi connectivity index (χ0) is 37.7. The molecule has 7 rings (SSSR count). The molecule has 2 N–H and O–H groups in total. The monoisotopic (exact) mass is 734 g/mol. The van der Waals surface area contributed by atoms with Crippen LogP contribution in [0, 0.1) is 39.9 Å². The van der Waals surface area contributed by atoms with Gasteiger partial charge in [-0.25, -0.2) is 22.0 Å². The van der Waals surface area contributed by atoms with Crippen molar-refractivity contribution in [2.24, 2.45) is 10.8 Å². The van der Waals surface area contributed by atoms with E-state index in [4.69, 9.17) is 9.47 Å². The first-order chi connectivity index (χ1) is 25.2. The van der Waals surface area contributed by atoms with Crippen LogP contribution in [0.1, 0.15) is 91.5 Å². The molecule has 11 heteroatoms. The van der Waals surface area contributed by atoms with Gasteiger partial charge in [0.2, 0.25) is 5.82 Å². The van der Waals surface area contributed by atoms with Crippen LogP contribution in [-0.4, -0.2) is 41.1 Å². The number of nitrogens with zero attached hydrogens (tertiary/aromatic N) is 1. The van der Waals surface area contributed by atoms with Gasteiger partial charge in [0.1, 0.15) is 5.56 Å². The van der Waals surface area contributed by atoms with E-state index in [1.54, 1.807) is 18.2 Å². The minimum absolute atomic E-state index is 0.0338. The Labute approximate surface area is 305 Å². The number of fused-ring (bicyclic) bond motifs is 2. The first-order valence-electron chi connectivity index (χ1n) is 18.0. The van der Waals surface area contributed by atoms with Crippen molar-refractivity contribution in [3.8, 4) is 11.1 Å². The van der Waals surface area contributed by atoms with E-state index in [0.717, 1.165) is 40.9 Å². The second-order valence-corrected chi connectivity index (χ2v) is 15.9. The van der Waals surface area contributed by atoms with E-state index in [1.807, 2.05) is 54.6 Å². The van der Waals surface area contributed by atoms with Crippen molar-refractivity contribution in [3.63, 3.8) is 0 Å². The predicted molar refractivity (Wildman–Crippen MR) is 189 cm³/mol. The first-order valence-corrected chi connectivity index (χ1v) is 18.0. The third-order valence-electron chi connectivity index (χ3n) is 10.9. The Morgan fingerprint density at radius 3 is 2.15 bits per heavy atom. The number of aliphatic hydroxyl groups excluding tert-OH is 1. The molecular weight excluding hydrogens is 691 g/mol. The van der Waals surface area contributed by atoms with Crippen LogP contribution in [0.2, 0.25) is 0 Å². The number of nitrogens with one attached hydrogen (secondary N) is 1. The van der Waals surface area contributed by atoms with Crippen molar-refractivity contribution in [2.75, 3.05) is 13.1 Å². The molecule has 5 atom stereocenters. The highest BCUT2D eigenvalue weighted by molar-refractivity contribution is 5.94. The van der Waals surface area contributed by atoms with Gasteiger partial charge in [-0.15, -0.1) is 0 Å². The highest BCUT2D eigenvalue weighted by atomic mass is 19.2. The average molecular weight is 735 g/mol. The van der Waals surface area contributed by atoms with Crippen LogP contribution in [0.15, 0.2) is 72.8 Å². The summed E-state index contributed by atoms with van der Waals surface area (Å²) in [5.41, 5.74) is 3.93. The highest BCUT2D eigenvalue weighted by Gasteiger charge is 2.50. The molecule has 5 unspecified atom stereocenters. The third kappa shape index (κ3) is 7.76. The van der Waals surface area contributed by atoms with E-state index in [9.17, 15) is 31.9 Å².